The highest BCUT2D eigenvalue weighted by molar-refractivity contribution is 5.87. The lowest BCUT2D eigenvalue weighted by Gasteiger charge is -2.42. The number of nitrogens with zero attached hydrogens (tertiary/aromatic N) is 2. The summed E-state index contributed by atoms with van der Waals surface area (Å²) in [5.74, 6) is 0.00890. The lowest BCUT2D eigenvalue weighted by atomic mass is 10.0. The number of esters is 1. The average Bonchev–Trinajstić information content (AvgIpc) is 2.32. The molecule has 1 aliphatic rings. The van der Waals surface area contributed by atoms with Crippen molar-refractivity contribution in [1.29, 1.82) is 0 Å². The Labute approximate surface area is 117 Å². The van der Waals surface area contributed by atoms with E-state index in [4.69, 9.17) is 9.47 Å². The number of likely N-dealkylation sites (tertiary alicyclic amines) is 1. The number of ether oxygens (including phenoxy) is 2. The van der Waals surface area contributed by atoms with Crippen LogP contribution in [0.2, 0.25) is 0 Å². The summed E-state index contributed by atoms with van der Waals surface area (Å²) in [6.45, 7) is 5.44. The molecule has 20 heavy (non-hydrogen) atoms. The molecule has 1 saturated heterocycles. The lowest BCUT2D eigenvalue weighted by molar-refractivity contribution is -0.173. The Bertz CT molecular complexity index is 495. The third-order valence-electron chi connectivity index (χ3n) is 2.99. The maximum atomic E-state index is 12.2. The van der Waals surface area contributed by atoms with Crippen molar-refractivity contribution in [3.8, 4) is 5.75 Å². The monoisotopic (exact) mass is 278 g/mol. The van der Waals surface area contributed by atoms with Gasteiger partial charge in [-0.1, -0.05) is 0 Å². The highest BCUT2D eigenvalue weighted by atomic mass is 16.6. The van der Waals surface area contributed by atoms with Crippen molar-refractivity contribution >= 4 is 11.9 Å². The number of rotatable bonds is 4. The van der Waals surface area contributed by atoms with Crippen LogP contribution >= 0.6 is 0 Å². The van der Waals surface area contributed by atoms with E-state index in [0.29, 0.717) is 18.8 Å². The molecule has 1 amide bonds. The molecule has 2 rings (SSSR count). The topological polar surface area (TPSA) is 68.7 Å². The Hall–Kier alpha value is -2.11. The number of pyridine rings is 1. The summed E-state index contributed by atoms with van der Waals surface area (Å²) in [6.07, 6.45) is 3.26. The number of amides is 1. The fraction of sp³-hybridized carbons (Fsp3) is 0.500. The molecule has 6 nitrogen and oxygen atoms in total. The van der Waals surface area contributed by atoms with Crippen molar-refractivity contribution in [2.45, 2.75) is 32.5 Å². The van der Waals surface area contributed by atoms with Gasteiger partial charge in [-0.2, -0.15) is 0 Å². The number of carbonyl (C=O) groups is 2. The van der Waals surface area contributed by atoms with Crippen LogP contribution in [0, 0.1) is 0 Å². The van der Waals surface area contributed by atoms with Gasteiger partial charge in [-0.25, -0.2) is 0 Å². The van der Waals surface area contributed by atoms with Gasteiger partial charge in [0.15, 0.2) is 5.60 Å². The van der Waals surface area contributed by atoms with Gasteiger partial charge in [0.05, 0.1) is 19.3 Å². The molecule has 0 aromatic carbocycles. The Morgan fingerprint density at radius 3 is 2.65 bits per heavy atom. The third-order valence-corrected chi connectivity index (χ3v) is 2.99. The summed E-state index contributed by atoms with van der Waals surface area (Å²) < 4.78 is 10.7. The minimum Gasteiger partial charge on any atom is -0.485 e. The fourth-order valence-electron chi connectivity index (χ4n) is 2.07. The number of hydrogen-bond acceptors (Lipinski definition) is 5. The van der Waals surface area contributed by atoms with Crippen LogP contribution in [0.15, 0.2) is 24.5 Å². The van der Waals surface area contributed by atoms with E-state index in [1.54, 1.807) is 37.2 Å². The maximum Gasteiger partial charge on any atom is 0.303 e. The first kappa shape index (κ1) is 14.3. The van der Waals surface area contributed by atoms with Gasteiger partial charge < -0.3 is 14.4 Å². The van der Waals surface area contributed by atoms with E-state index >= 15 is 0 Å². The van der Waals surface area contributed by atoms with Crippen molar-refractivity contribution in [2.24, 2.45) is 0 Å². The van der Waals surface area contributed by atoms with E-state index in [2.05, 4.69) is 4.98 Å². The summed E-state index contributed by atoms with van der Waals surface area (Å²) in [7, 11) is 0. The maximum absolute atomic E-state index is 12.2. The highest BCUT2D eigenvalue weighted by Crippen LogP contribution is 2.22. The van der Waals surface area contributed by atoms with Crippen molar-refractivity contribution in [2.75, 3.05) is 13.1 Å². The van der Waals surface area contributed by atoms with E-state index in [1.165, 1.54) is 6.92 Å². The van der Waals surface area contributed by atoms with Crippen LogP contribution in [0.1, 0.15) is 20.8 Å². The molecule has 0 unspecified atom stereocenters. The molecular weight excluding hydrogens is 260 g/mol. The molecule has 0 spiro atoms. The minimum atomic E-state index is -1.13. The summed E-state index contributed by atoms with van der Waals surface area (Å²) in [5, 5.41) is 0. The Morgan fingerprint density at radius 1 is 1.40 bits per heavy atom. The van der Waals surface area contributed by atoms with Crippen molar-refractivity contribution < 1.29 is 19.1 Å². The van der Waals surface area contributed by atoms with Gasteiger partial charge in [0, 0.05) is 13.1 Å². The van der Waals surface area contributed by atoms with Crippen molar-refractivity contribution in [3.63, 3.8) is 0 Å². The van der Waals surface area contributed by atoms with Crippen LogP contribution in [0.3, 0.4) is 0 Å². The van der Waals surface area contributed by atoms with Gasteiger partial charge in [0.25, 0.3) is 5.91 Å². The lowest BCUT2D eigenvalue weighted by Crippen LogP contribution is -2.61. The SMILES string of the molecule is CC(=O)OC(C)(C)C(=O)N1CC(Oc2cccnc2)C1. The number of carbonyl (C=O) groups excluding carboxylic acids is 2. The number of aromatic nitrogens is 1. The first-order chi connectivity index (χ1) is 9.38. The van der Waals surface area contributed by atoms with Crippen LogP contribution < -0.4 is 4.74 Å². The van der Waals surface area contributed by atoms with Gasteiger partial charge in [-0.3, -0.25) is 14.6 Å². The van der Waals surface area contributed by atoms with Gasteiger partial charge in [-0.05, 0) is 26.0 Å². The van der Waals surface area contributed by atoms with E-state index < -0.39 is 11.6 Å². The molecule has 1 fully saturated rings. The molecule has 0 aliphatic carbocycles. The van der Waals surface area contributed by atoms with Gasteiger partial charge >= 0.3 is 5.97 Å². The van der Waals surface area contributed by atoms with Gasteiger partial charge in [-0.15, -0.1) is 0 Å². The quantitative estimate of drug-likeness (QED) is 0.769. The summed E-state index contributed by atoms with van der Waals surface area (Å²) in [4.78, 5) is 28.7. The molecule has 0 atom stereocenters. The van der Waals surface area contributed by atoms with Gasteiger partial charge in [0.1, 0.15) is 11.9 Å². The van der Waals surface area contributed by atoms with E-state index in [-0.39, 0.29) is 12.0 Å². The third kappa shape index (κ3) is 3.26. The Kier molecular flexibility index (Phi) is 3.92. The van der Waals surface area contributed by atoms with Gasteiger partial charge in [0.2, 0.25) is 0 Å². The summed E-state index contributed by atoms with van der Waals surface area (Å²) >= 11 is 0. The summed E-state index contributed by atoms with van der Waals surface area (Å²) in [6, 6.07) is 3.61. The first-order valence-electron chi connectivity index (χ1n) is 6.44. The smallest absolute Gasteiger partial charge is 0.303 e. The standard InChI is InChI=1S/C14H18N2O4/c1-10(17)20-14(2,3)13(18)16-8-12(9-16)19-11-5-4-6-15-7-11/h4-7,12H,8-9H2,1-3H3. The van der Waals surface area contributed by atoms with Crippen LogP contribution in [0.25, 0.3) is 0 Å². The molecule has 0 bridgehead atoms. The fourth-order valence-corrected chi connectivity index (χ4v) is 2.07. The second kappa shape index (κ2) is 5.48. The van der Waals surface area contributed by atoms with Crippen LogP contribution in [-0.2, 0) is 14.3 Å². The highest BCUT2D eigenvalue weighted by Gasteiger charge is 2.41. The largest absolute Gasteiger partial charge is 0.485 e. The predicted molar refractivity (Wildman–Crippen MR) is 71.1 cm³/mol. The molecule has 0 saturated carbocycles. The number of hydrogen-bond donors (Lipinski definition) is 0. The molecule has 6 heteroatoms. The second-order valence-electron chi connectivity index (χ2n) is 5.24. The summed E-state index contributed by atoms with van der Waals surface area (Å²) in [5.41, 5.74) is -1.13. The zero-order valence-electron chi connectivity index (χ0n) is 11.8. The van der Waals surface area contributed by atoms with Crippen LogP contribution in [0.5, 0.6) is 5.75 Å². The molecule has 1 aromatic rings. The normalized spacial score (nSPS) is 15.4. The second-order valence-corrected chi connectivity index (χ2v) is 5.24. The van der Waals surface area contributed by atoms with E-state index in [1.807, 2.05) is 6.07 Å². The molecular formula is C14H18N2O4. The van der Waals surface area contributed by atoms with Crippen LogP contribution in [-0.4, -0.2) is 46.6 Å². The van der Waals surface area contributed by atoms with Crippen LogP contribution in [0.4, 0.5) is 0 Å². The molecule has 0 radical (unpaired) electrons. The van der Waals surface area contributed by atoms with Crippen molar-refractivity contribution in [3.05, 3.63) is 24.5 Å². The molecule has 1 aliphatic heterocycles. The zero-order valence-corrected chi connectivity index (χ0v) is 11.8. The molecule has 1 aromatic heterocycles. The molecule has 2 heterocycles. The van der Waals surface area contributed by atoms with E-state index in [9.17, 15) is 9.59 Å². The zero-order chi connectivity index (χ0) is 14.8. The molecule has 0 N–H and O–H groups in total. The Morgan fingerprint density at radius 2 is 2.10 bits per heavy atom. The minimum absolute atomic E-state index is 0.0451. The van der Waals surface area contributed by atoms with E-state index in [0.717, 1.165) is 0 Å². The average molecular weight is 278 g/mol. The predicted octanol–water partition coefficient (Wildman–Crippen LogP) is 1.01. The van der Waals surface area contributed by atoms with Crippen molar-refractivity contribution in [1.82, 2.24) is 9.88 Å². The molecule has 108 valence electrons. The first-order valence-corrected chi connectivity index (χ1v) is 6.44. The Balaban J connectivity index is 1.84.